The minimum Gasteiger partial charge on any atom is -0.390 e. The molecule has 38 heavy (non-hydrogen) atoms. The van der Waals surface area contributed by atoms with E-state index >= 15 is 0 Å². The molecular formula is C30H33N5O3. The second-order valence-corrected chi connectivity index (χ2v) is 10.6. The Bertz CT molecular complexity index is 1570. The molecule has 3 N–H and O–H groups in total. The molecule has 2 aliphatic rings. The van der Waals surface area contributed by atoms with Gasteiger partial charge in [0.1, 0.15) is 0 Å². The topological polar surface area (TPSA) is 93.6 Å². The normalized spacial score (nSPS) is 17.6. The molecule has 2 aliphatic heterocycles. The van der Waals surface area contributed by atoms with Gasteiger partial charge in [-0.3, -0.25) is 14.9 Å². The summed E-state index contributed by atoms with van der Waals surface area (Å²) in [4.78, 5) is 34.1. The average Bonchev–Trinajstić information content (AvgIpc) is 3.57. The number of β-amino-alcohol motifs (C(OH)–C–C–N with tert-alkyl or cyclic N) is 1. The van der Waals surface area contributed by atoms with E-state index in [-0.39, 0.29) is 0 Å². The highest BCUT2D eigenvalue weighted by atomic mass is 16.3. The van der Waals surface area contributed by atoms with Crippen molar-refractivity contribution in [2.75, 3.05) is 38.6 Å². The first-order valence-corrected chi connectivity index (χ1v) is 13.3. The van der Waals surface area contributed by atoms with E-state index in [1.165, 1.54) is 19.3 Å². The molecule has 2 amide bonds. The zero-order valence-corrected chi connectivity index (χ0v) is 21.8. The SMILES string of the molecule is CN(C)c1cccc2c(C3=C(c4c[nH]c5ccccc45)C(=O)NC3=O)cn(CC(O)CN3CCCCC3)c12. The molecule has 8 nitrogen and oxygen atoms in total. The number of piperidine rings is 1. The summed E-state index contributed by atoms with van der Waals surface area (Å²) in [6.07, 6.45) is 6.75. The Morgan fingerprint density at radius 3 is 2.37 bits per heavy atom. The lowest BCUT2D eigenvalue weighted by molar-refractivity contribution is -0.122. The number of H-pyrrole nitrogens is 1. The number of benzene rings is 2. The third-order valence-electron chi connectivity index (χ3n) is 7.74. The molecule has 0 saturated carbocycles. The second kappa shape index (κ2) is 9.78. The lowest BCUT2D eigenvalue weighted by atomic mass is 9.95. The number of aliphatic hydroxyl groups excluding tert-OH is 1. The van der Waals surface area contributed by atoms with Crippen molar-refractivity contribution in [3.63, 3.8) is 0 Å². The number of para-hydroxylation sites is 2. The molecular weight excluding hydrogens is 478 g/mol. The first kappa shape index (κ1) is 24.5. The number of imide groups is 1. The van der Waals surface area contributed by atoms with Crippen LogP contribution in [0.15, 0.2) is 54.9 Å². The summed E-state index contributed by atoms with van der Waals surface area (Å²) in [5.41, 5.74) is 4.95. The van der Waals surface area contributed by atoms with Crippen LogP contribution in [-0.2, 0) is 16.1 Å². The highest BCUT2D eigenvalue weighted by Gasteiger charge is 2.35. The standard InChI is InChI=1S/C30H33N5O3/c1-33(2)25-12-8-10-21-23(18-35(28(21)25)17-19(36)16-34-13-6-3-7-14-34)27-26(29(37)32-30(27)38)22-15-31-24-11-5-4-9-20(22)24/h4-5,8-12,15,18-19,31,36H,3,6-7,13-14,16-17H2,1-2H3,(H,32,37,38). The third kappa shape index (κ3) is 4.19. The molecule has 1 fully saturated rings. The van der Waals surface area contributed by atoms with Crippen LogP contribution in [0, 0.1) is 0 Å². The van der Waals surface area contributed by atoms with Crippen molar-refractivity contribution >= 4 is 50.5 Å². The van der Waals surface area contributed by atoms with Gasteiger partial charge in [0.15, 0.2) is 0 Å². The number of aromatic amines is 1. The van der Waals surface area contributed by atoms with Crippen LogP contribution in [0.25, 0.3) is 33.0 Å². The van der Waals surface area contributed by atoms with Crippen LogP contribution in [0.2, 0.25) is 0 Å². The third-order valence-corrected chi connectivity index (χ3v) is 7.74. The number of carbonyl (C=O) groups excluding carboxylic acids is 2. The van der Waals surface area contributed by atoms with Crippen molar-refractivity contribution in [3.05, 3.63) is 66.0 Å². The number of nitrogens with one attached hydrogen (secondary N) is 2. The second-order valence-electron chi connectivity index (χ2n) is 10.6. The van der Waals surface area contributed by atoms with Gasteiger partial charge in [-0.15, -0.1) is 0 Å². The molecule has 6 rings (SSSR count). The van der Waals surface area contributed by atoms with E-state index in [1.54, 1.807) is 6.20 Å². The molecule has 4 aromatic rings. The van der Waals surface area contributed by atoms with Crippen LogP contribution in [0.5, 0.6) is 0 Å². The van der Waals surface area contributed by atoms with Crippen LogP contribution >= 0.6 is 0 Å². The number of hydrogen-bond donors (Lipinski definition) is 3. The molecule has 4 heterocycles. The fourth-order valence-electron chi connectivity index (χ4n) is 6.02. The first-order chi connectivity index (χ1) is 18.4. The molecule has 196 valence electrons. The predicted octanol–water partition coefficient (Wildman–Crippen LogP) is 3.60. The monoisotopic (exact) mass is 511 g/mol. The number of aromatic nitrogens is 2. The van der Waals surface area contributed by atoms with Gasteiger partial charge in [-0.2, -0.15) is 0 Å². The lowest BCUT2D eigenvalue weighted by Crippen LogP contribution is -2.38. The summed E-state index contributed by atoms with van der Waals surface area (Å²) in [7, 11) is 3.97. The summed E-state index contributed by atoms with van der Waals surface area (Å²) in [5.74, 6) is -0.803. The Morgan fingerprint density at radius 1 is 0.895 bits per heavy atom. The summed E-state index contributed by atoms with van der Waals surface area (Å²) in [6.45, 7) is 3.03. The van der Waals surface area contributed by atoms with Gasteiger partial charge in [0.25, 0.3) is 11.8 Å². The van der Waals surface area contributed by atoms with Crippen LogP contribution in [0.3, 0.4) is 0 Å². The number of hydrogen-bond acceptors (Lipinski definition) is 5. The van der Waals surface area contributed by atoms with Crippen LogP contribution in [0.4, 0.5) is 5.69 Å². The van der Waals surface area contributed by atoms with Crippen molar-refractivity contribution in [1.29, 1.82) is 0 Å². The van der Waals surface area contributed by atoms with Gasteiger partial charge < -0.3 is 24.5 Å². The quantitative estimate of drug-likeness (QED) is 0.330. The largest absolute Gasteiger partial charge is 0.390 e. The number of amides is 2. The molecule has 1 unspecified atom stereocenters. The molecule has 0 bridgehead atoms. The Labute approximate surface area is 221 Å². The summed E-state index contributed by atoms with van der Waals surface area (Å²) in [6, 6.07) is 13.8. The maximum absolute atomic E-state index is 13.3. The molecule has 2 aromatic heterocycles. The smallest absolute Gasteiger partial charge is 0.259 e. The highest BCUT2D eigenvalue weighted by Crippen LogP contribution is 2.40. The molecule has 1 saturated heterocycles. The number of aliphatic hydroxyl groups is 1. The Balaban J connectivity index is 1.50. The number of fused-ring (bicyclic) bond motifs is 2. The van der Waals surface area contributed by atoms with Crippen molar-refractivity contribution in [2.24, 2.45) is 0 Å². The Kier molecular flexibility index (Phi) is 6.29. The van der Waals surface area contributed by atoms with E-state index < -0.39 is 17.9 Å². The Morgan fingerprint density at radius 2 is 1.61 bits per heavy atom. The maximum atomic E-state index is 13.3. The van der Waals surface area contributed by atoms with Gasteiger partial charge in [0, 0.05) is 67.0 Å². The molecule has 2 aromatic carbocycles. The van der Waals surface area contributed by atoms with Crippen LogP contribution in [0.1, 0.15) is 30.4 Å². The number of anilines is 1. The fourth-order valence-corrected chi connectivity index (χ4v) is 6.02. The molecule has 8 heteroatoms. The minimum absolute atomic E-state index is 0.366. The van der Waals surface area contributed by atoms with Gasteiger partial charge in [0.05, 0.1) is 28.5 Å². The lowest BCUT2D eigenvalue weighted by Gasteiger charge is -2.28. The minimum atomic E-state index is -0.562. The van der Waals surface area contributed by atoms with E-state index in [2.05, 4.69) is 15.2 Å². The molecule has 0 aliphatic carbocycles. The zero-order valence-electron chi connectivity index (χ0n) is 21.8. The van der Waals surface area contributed by atoms with E-state index in [0.29, 0.717) is 35.4 Å². The summed E-state index contributed by atoms with van der Waals surface area (Å²) >= 11 is 0. The van der Waals surface area contributed by atoms with Gasteiger partial charge in [-0.1, -0.05) is 36.8 Å². The highest BCUT2D eigenvalue weighted by molar-refractivity contribution is 6.50. The van der Waals surface area contributed by atoms with Crippen molar-refractivity contribution in [3.8, 4) is 0 Å². The number of nitrogens with zero attached hydrogens (tertiary/aromatic N) is 3. The number of carbonyl (C=O) groups is 2. The average molecular weight is 512 g/mol. The maximum Gasteiger partial charge on any atom is 0.259 e. The van der Waals surface area contributed by atoms with Gasteiger partial charge in [-0.05, 0) is 38.1 Å². The van der Waals surface area contributed by atoms with Crippen molar-refractivity contribution < 1.29 is 14.7 Å². The molecule has 0 spiro atoms. The summed E-state index contributed by atoms with van der Waals surface area (Å²) < 4.78 is 2.05. The van der Waals surface area contributed by atoms with Crippen LogP contribution < -0.4 is 10.2 Å². The van der Waals surface area contributed by atoms with Crippen molar-refractivity contribution in [2.45, 2.75) is 31.9 Å². The van der Waals surface area contributed by atoms with Gasteiger partial charge >= 0.3 is 0 Å². The van der Waals surface area contributed by atoms with E-state index in [4.69, 9.17) is 0 Å². The van der Waals surface area contributed by atoms with Crippen molar-refractivity contribution in [1.82, 2.24) is 19.8 Å². The summed E-state index contributed by atoms with van der Waals surface area (Å²) in [5, 5.41) is 15.4. The van der Waals surface area contributed by atoms with Gasteiger partial charge in [-0.25, -0.2) is 0 Å². The zero-order chi connectivity index (χ0) is 26.4. The van der Waals surface area contributed by atoms with E-state index in [1.807, 2.05) is 72.2 Å². The number of likely N-dealkylation sites (tertiary alicyclic amines) is 1. The molecule has 1 atom stereocenters. The van der Waals surface area contributed by atoms with E-state index in [0.717, 1.165) is 40.6 Å². The predicted molar refractivity (Wildman–Crippen MR) is 151 cm³/mol. The number of rotatable bonds is 7. The first-order valence-electron chi connectivity index (χ1n) is 13.3. The van der Waals surface area contributed by atoms with Gasteiger partial charge in [0.2, 0.25) is 0 Å². The van der Waals surface area contributed by atoms with E-state index in [9.17, 15) is 14.7 Å². The fraction of sp³-hybridized carbons (Fsp3) is 0.333. The molecule has 0 radical (unpaired) electrons. The Hall–Kier alpha value is -3.88. The van der Waals surface area contributed by atoms with Crippen LogP contribution in [-0.4, -0.2) is 71.2 Å².